The van der Waals surface area contributed by atoms with Crippen LogP contribution in [0.2, 0.25) is 0 Å². The highest BCUT2D eigenvalue weighted by atomic mass is 16.5. The van der Waals surface area contributed by atoms with Gasteiger partial charge in [0.1, 0.15) is 6.10 Å². The first kappa shape index (κ1) is 6.65. The van der Waals surface area contributed by atoms with Crippen LogP contribution in [-0.2, 0) is 0 Å². The monoisotopic (exact) mass is 148 g/mol. The summed E-state index contributed by atoms with van der Waals surface area (Å²) in [6.07, 6.45) is 6.80. The fraction of sp³-hybridized carbons (Fsp3) is 0.444. The van der Waals surface area contributed by atoms with E-state index in [9.17, 15) is 0 Å². The molecule has 1 fully saturated rings. The standard InChI is InChI=1S/C9H10NO/c1-2-7-10-9(6-1)11-8-4-3-5-8/h1-2,6,8H,3-5H2. The molecular formula is C9H10NO. The number of nitrogens with zero attached hydrogens (tertiary/aromatic N) is 1. The predicted molar refractivity (Wildman–Crippen MR) is 41.3 cm³/mol. The Hall–Kier alpha value is -1.05. The van der Waals surface area contributed by atoms with E-state index < -0.39 is 0 Å². The lowest BCUT2D eigenvalue weighted by atomic mass is 9.96. The molecule has 2 nitrogen and oxygen atoms in total. The molecule has 1 heterocycles. The van der Waals surface area contributed by atoms with Crippen molar-refractivity contribution in [3.63, 3.8) is 0 Å². The molecule has 0 saturated heterocycles. The molecule has 0 bridgehead atoms. The second kappa shape index (κ2) is 2.91. The molecule has 1 aromatic heterocycles. The first-order chi connectivity index (χ1) is 5.45. The molecule has 0 aromatic carbocycles. The summed E-state index contributed by atoms with van der Waals surface area (Å²) < 4.78 is 5.51. The molecule has 0 atom stereocenters. The number of ether oxygens (including phenoxy) is 1. The maximum absolute atomic E-state index is 5.51. The molecule has 1 aromatic rings. The van der Waals surface area contributed by atoms with Crippen molar-refractivity contribution in [2.75, 3.05) is 0 Å². The topological polar surface area (TPSA) is 22.1 Å². The van der Waals surface area contributed by atoms with Crippen LogP contribution in [0.3, 0.4) is 0 Å². The van der Waals surface area contributed by atoms with E-state index in [0.29, 0.717) is 12.0 Å². The van der Waals surface area contributed by atoms with Crippen LogP contribution in [-0.4, -0.2) is 11.1 Å². The van der Waals surface area contributed by atoms with Crippen LogP contribution in [0.4, 0.5) is 0 Å². The Morgan fingerprint density at radius 3 is 3.00 bits per heavy atom. The van der Waals surface area contributed by atoms with Gasteiger partial charge in [-0.3, -0.25) is 0 Å². The van der Waals surface area contributed by atoms with E-state index in [1.54, 1.807) is 6.07 Å². The Balaban J connectivity index is 1.95. The SMILES string of the molecule is [c]1cccc(OC2CCC2)n1. The summed E-state index contributed by atoms with van der Waals surface area (Å²) in [7, 11) is 0. The number of rotatable bonds is 2. The molecule has 0 aliphatic heterocycles. The van der Waals surface area contributed by atoms with Crippen LogP contribution in [0.25, 0.3) is 0 Å². The van der Waals surface area contributed by atoms with Crippen LogP contribution in [0.15, 0.2) is 18.2 Å². The third kappa shape index (κ3) is 1.50. The normalized spacial score (nSPS) is 17.5. The molecule has 0 N–H and O–H groups in total. The van der Waals surface area contributed by atoms with Gasteiger partial charge in [-0.1, -0.05) is 6.07 Å². The molecule has 0 unspecified atom stereocenters. The highest BCUT2D eigenvalue weighted by Crippen LogP contribution is 2.23. The summed E-state index contributed by atoms with van der Waals surface area (Å²) in [5.74, 6) is 0.706. The minimum Gasteiger partial charge on any atom is -0.474 e. The summed E-state index contributed by atoms with van der Waals surface area (Å²) in [6.45, 7) is 0. The average Bonchev–Trinajstić information content (AvgIpc) is 1.99. The Kier molecular flexibility index (Phi) is 1.76. The average molecular weight is 148 g/mol. The first-order valence-corrected chi connectivity index (χ1v) is 3.95. The van der Waals surface area contributed by atoms with Crippen molar-refractivity contribution in [3.8, 4) is 5.88 Å². The molecule has 2 rings (SSSR count). The molecule has 57 valence electrons. The van der Waals surface area contributed by atoms with Gasteiger partial charge in [0.05, 0.1) is 6.20 Å². The quantitative estimate of drug-likeness (QED) is 0.638. The minimum absolute atomic E-state index is 0.415. The zero-order chi connectivity index (χ0) is 7.52. The van der Waals surface area contributed by atoms with Crippen LogP contribution in [0.1, 0.15) is 19.3 Å². The van der Waals surface area contributed by atoms with Crippen molar-refractivity contribution in [1.82, 2.24) is 4.98 Å². The highest BCUT2D eigenvalue weighted by Gasteiger charge is 2.18. The minimum atomic E-state index is 0.415. The zero-order valence-corrected chi connectivity index (χ0v) is 6.29. The zero-order valence-electron chi connectivity index (χ0n) is 6.29. The van der Waals surface area contributed by atoms with E-state index in [4.69, 9.17) is 4.74 Å². The predicted octanol–water partition coefficient (Wildman–Crippen LogP) is 1.81. The van der Waals surface area contributed by atoms with Crippen molar-refractivity contribution < 1.29 is 4.74 Å². The molecular weight excluding hydrogens is 138 g/mol. The van der Waals surface area contributed by atoms with Gasteiger partial charge in [0.2, 0.25) is 5.88 Å². The van der Waals surface area contributed by atoms with Crippen LogP contribution >= 0.6 is 0 Å². The summed E-state index contributed by atoms with van der Waals surface area (Å²) in [5.41, 5.74) is 0. The van der Waals surface area contributed by atoms with Gasteiger partial charge in [0.25, 0.3) is 0 Å². The van der Waals surface area contributed by atoms with Gasteiger partial charge in [-0.25, -0.2) is 4.98 Å². The Morgan fingerprint density at radius 1 is 1.55 bits per heavy atom. The maximum atomic E-state index is 5.51. The summed E-state index contributed by atoms with van der Waals surface area (Å²) >= 11 is 0. The molecule has 1 aliphatic carbocycles. The third-order valence-electron chi connectivity index (χ3n) is 1.92. The van der Waals surface area contributed by atoms with E-state index in [0.717, 1.165) is 0 Å². The second-order valence-electron chi connectivity index (χ2n) is 2.78. The van der Waals surface area contributed by atoms with Gasteiger partial charge >= 0.3 is 0 Å². The van der Waals surface area contributed by atoms with Gasteiger partial charge in [0, 0.05) is 6.07 Å². The molecule has 1 aliphatic rings. The van der Waals surface area contributed by atoms with Crippen molar-refractivity contribution in [2.24, 2.45) is 0 Å². The lowest BCUT2D eigenvalue weighted by Crippen LogP contribution is -2.24. The van der Waals surface area contributed by atoms with E-state index in [-0.39, 0.29) is 0 Å². The van der Waals surface area contributed by atoms with Crippen molar-refractivity contribution in [3.05, 3.63) is 24.4 Å². The Labute approximate surface area is 66.2 Å². The number of hydrogen-bond donors (Lipinski definition) is 0. The van der Waals surface area contributed by atoms with E-state index in [1.807, 2.05) is 12.1 Å². The fourth-order valence-corrected chi connectivity index (χ4v) is 1.04. The van der Waals surface area contributed by atoms with Crippen LogP contribution in [0, 0.1) is 6.20 Å². The summed E-state index contributed by atoms with van der Waals surface area (Å²) in [6, 6.07) is 5.53. The van der Waals surface area contributed by atoms with Crippen LogP contribution < -0.4 is 4.74 Å². The first-order valence-electron chi connectivity index (χ1n) is 3.95. The second-order valence-corrected chi connectivity index (χ2v) is 2.78. The van der Waals surface area contributed by atoms with E-state index >= 15 is 0 Å². The fourth-order valence-electron chi connectivity index (χ4n) is 1.04. The Morgan fingerprint density at radius 2 is 2.45 bits per heavy atom. The lowest BCUT2D eigenvalue weighted by molar-refractivity contribution is 0.114. The molecule has 11 heavy (non-hydrogen) atoms. The van der Waals surface area contributed by atoms with Crippen molar-refractivity contribution in [1.29, 1.82) is 0 Å². The van der Waals surface area contributed by atoms with Gasteiger partial charge in [-0.05, 0) is 25.3 Å². The van der Waals surface area contributed by atoms with Gasteiger partial charge in [-0.2, -0.15) is 0 Å². The van der Waals surface area contributed by atoms with Gasteiger partial charge in [-0.15, -0.1) is 0 Å². The Bertz CT molecular complexity index is 218. The molecule has 0 amide bonds. The molecule has 0 spiro atoms. The molecule has 1 radical (unpaired) electrons. The van der Waals surface area contributed by atoms with Crippen molar-refractivity contribution in [2.45, 2.75) is 25.4 Å². The third-order valence-corrected chi connectivity index (χ3v) is 1.92. The smallest absolute Gasteiger partial charge is 0.214 e. The summed E-state index contributed by atoms with van der Waals surface area (Å²) in [5, 5.41) is 0. The molecule has 2 heteroatoms. The van der Waals surface area contributed by atoms with Gasteiger partial charge in [0.15, 0.2) is 0 Å². The lowest BCUT2D eigenvalue weighted by Gasteiger charge is -2.25. The van der Waals surface area contributed by atoms with Crippen LogP contribution in [0.5, 0.6) is 5.88 Å². The maximum Gasteiger partial charge on any atom is 0.214 e. The number of hydrogen-bond acceptors (Lipinski definition) is 2. The number of pyridine rings is 1. The van der Waals surface area contributed by atoms with Gasteiger partial charge < -0.3 is 4.74 Å². The van der Waals surface area contributed by atoms with Crippen molar-refractivity contribution >= 4 is 0 Å². The van der Waals surface area contributed by atoms with E-state index in [2.05, 4.69) is 11.2 Å². The highest BCUT2D eigenvalue weighted by molar-refractivity contribution is 5.09. The number of aromatic nitrogens is 1. The van der Waals surface area contributed by atoms with E-state index in [1.165, 1.54) is 19.3 Å². The largest absolute Gasteiger partial charge is 0.474 e. The summed E-state index contributed by atoms with van der Waals surface area (Å²) in [4.78, 5) is 3.95. The molecule has 1 saturated carbocycles.